The minimum atomic E-state index is -0.0908. The van der Waals surface area contributed by atoms with Crippen molar-refractivity contribution in [3.63, 3.8) is 0 Å². The molecule has 0 radical (unpaired) electrons. The molecule has 1 N–H and O–H groups in total. The van der Waals surface area contributed by atoms with Gasteiger partial charge in [0.15, 0.2) is 0 Å². The number of halogens is 1. The van der Waals surface area contributed by atoms with Gasteiger partial charge in [0.05, 0.1) is 11.7 Å². The van der Waals surface area contributed by atoms with Gasteiger partial charge in [0.1, 0.15) is 5.69 Å². The molecule has 0 aliphatic carbocycles. The molecule has 4 rings (SSSR count). The molecule has 0 spiro atoms. The number of amides is 1. The summed E-state index contributed by atoms with van der Waals surface area (Å²) in [7, 11) is 1.83. The minimum Gasteiger partial charge on any atom is -0.328 e. The molecule has 0 fully saturated rings. The Morgan fingerprint density at radius 2 is 2.05 bits per heavy atom. The second-order valence-electron chi connectivity index (χ2n) is 5.20. The highest BCUT2D eigenvalue weighted by Gasteiger charge is 2.40. The molecule has 0 unspecified atom stereocenters. The normalized spacial score (nSPS) is 17.1. The molecular weight excluding hydrogens is 318 g/mol. The lowest BCUT2D eigenvalue weighted by Crippen LogP contribution is -2.24. The number of carbonyl (C=O) groups excluding carboxylic acids is 1. The number of aromatic amines is 1. The average molecular weight is 330 g/mol. The molecule has 0 saturated carbocycles. The fourth-order valence-electron chi connectivity index (χ4n) is 2.87. The largest absolute Gasteiger partial charge is 0.328 e. The van der Waals surface area contributed by atoms with Gasteiger partial charge in [-0.15, -0.1) is 11.3 Å². The van der Waals surface area contributed by atoms with Crippen LogP contribution in [0.15, 0.2) is 41.8 Å². The number of rotatable bonds is 2. The van der Waals surface area contributed by atoms with Crippen LogP contribution in [-0.2, 0) is 0 Å². The molecule has 6 heteroatoms. The number of hydrogen-bond acceptors (Lipinski definition) is 3. The molecule has 3 heterocycles. The molecule has 1 amide bonds. The third-order valence-electron chi connectivity index (χ3n) is 3.93. The fourth-order valence-corrected chi connectivity index (χ4v) is 3.88. The molecule has 110 valence electrons. The smallest absolute Gasteiger partial charge is 0.272 e. The van der Waals surface area contributed by atoms with Gasteiger partial charge in [-0.25, -0.2) is 0 Å². The lowest BCUT2D eigenvalue weighted by molar-refractivity contribution is 0.0789. The van der Waals surface area contributed by atoms with Crippen molar-refractivity contribution >= 4 is 28.8 Å². The molecule has 1 aliphatic rings. The van der Waals surface area contributed by atoms with Crippen LogP contribution in [0.4, 0.5) is 0 Å². The van der Waals surface area contributed by atoms with E-state index in [0.29, 0.717) is 10.7 Å². The van der Waals surface area contributed by atoms with E-state index in [2.05, 4.69) is 10.2 Å². The van der Waals surface area contributed by atoms with Crippen LogP contribution >= 0.6 is 22.9 Å². The number of benzene rings is 1. The lowest BCUT2D eigenvalue weighted by Gasteiger charge is -2.20. The first kappa shape index (κ1) is 13.5. The average Bonchev–Trinajstić information content (AvgIpc) is 3.21. The quantitative estimate of drug-likeness (QED) is 0.773. The topological polar surface area (TPSA) is 49.0 Å². The summed E-state index contributed by atoms with van der Waals surface area (Å²) < 4.78 is 0. The highest BCUT2D eigenvalue weighted by molar-refractivity contribution is 7.10. The molecule has 3 aromatic rings. The summed E-state index contributed by atoms with van der Waals surface area (Å²) in [4.78, 5) is 15.3. The number of thiophene rings is 1. The number of carbonyl (C=O) groups is 1. The Kier molecular flexibility index (Phi) is 3.06. The van der Waals surface area contributed by atoms with Crippen LogP contribution < -0.4 is 0 Å². The van der Waals surface area contributed by atoms with Gasteiger partial charge >= 0.3 is 0 Å². The summed E-state index contributed by atoms with van der Waals surface area (Å²) in [5, 5.41) is 9.97. The number of nitrogens with zero attached hydrogens (tertiary/aromatic N) is 2. The minimum absolute atomic E-state index is 0.0267. The van der Waals surface area contributed by atoms with E-state index in [1.165, 1.54) is 0 Å². The number of hydrogen-bond donors (Lipinski definition) is 1. The van der Waals surface area contributed by atoms with Gasteiger partial charge in [0.2, 0.25) is 0 Å². The molecule has 2 aromatic heterocycles. The molecule has 1 aliphatic heterocycles. The number of nitrogens with one attached hydrogen (secondary N) is 1. The van der Waals surface area contributed by atoms with Gasteiger partial charge < -0.3 is 4.90 Å². The predicted octanol–water partition coefficient (Wildman–Crippen LogP) is 3.97. The maximum Gasteiger partial charge on any atom is 0.272 e. The van der Waals surface area contributed by atoms with Gasteiger partial charge in [-0.1, -0.05) is 29.8 Å². The van der Waals surface area contributed by atoms with E-state index < -0.39 is 0 Å². The first-order valence-electron chi connectivity index (χ1n) is 6.81. The van der Waals surface area contributed by atoms with E-state index in [0.717, 1.165) is 21.7 Å². The second-order valence-corrected chi connectivity index (χ2v) is 6.62. The van der Waals surface area contributed by atoms with Crippen molar-refractivity contribution in [2.75, 3.05) is 7.05 Å². The molecule has 1 aromatic carbocycles. The number of aromatic nitrogens is 2. The fraction of sp³-hybridized carbons (Fsp3) is 0.125. The van der Waals surface area contributed by atoms with E-state index >= 15 is 0 Å². The first-order chi connectivity index (χ1) is 10.7. The molecular formula is C16H12ClN3OS. The lowest BCUT2D eigenvalue weighted by atomic mass is 10.0. The Balaban J connectivity index is 1.90. The van der Waals surface area contributed by atoms with Crippen LogP contribution in [0.25, 0.3) is 11.3 Å². The van der Waals surface area contributed by atoms with Gasteiger partial charge in [0.25, 0.3) is 5.91 Å². The molecule has 0 saturated heterocycles. The van der Waals surface area contributed by atoms with Crippen LogP contribution in [0.5, 0.6) is 0 Å². The third kappa shape index (κ3) is 1.90. The van der Waals surface area contributed by atoms with E-state index in [1.54, 1.807) is 16.2 Å². The zero-order chi connectivity index (χ0) is 15.3. The second kappa shape index (κ2) is 4.97. The van der Waals surface area contributed by atoms with Crippen LogP contribution in [-0.4, -0.2) is 28.1 Å². The zero-order valence-electron chi connectivity index (χ0n) is 11.7. The monoisotopic (exact) mass is 329 g/mol. The van der Waals surface area contributed by atoms with Crippen LogP contribution in [0, 0.1) is 0 Å². The highest BCUT2D eigenvalue weighted by atomic mass is 35.5. The SMILES string of the molecule is CN1C(=O)c2[nH]nc(-c3ccc(Cl)cc3)c2[C@@H]1c1cccs1. The van der Waals surface area contributed by atoms with Crippen molar-refractivity contribution in [2.45, 2.75) is 6.04 Å². The van der Waals surface area contributed by atoms with Crippen LogP contribution in [0.2, 0.25) is 5.02 Å². The summed E-state index contributed by atoms with van der Waals surface area (Å²) in [6.07, 6.45) is 0. The van der Waals surface area contributed by atoms with Crippen molar-refractivity contribution in [1.82, 2.24) is 15.1 Å². The van der Waals surface area contributed by atoms with Crippen molar-refractivity contribution in [3.05, 3.63) is 62.9 Å². The molecule has 22 heavy (non-hydrogen) atoms. The maximum absolute atomic E-state index is 12.4. The van der Waals surface area contributed by atoms with Crippen molar-refractivity contribution in [1.29, 1.82) is 0 Å². The first-order valence-corrected chi connectivity index (χ1v) is 8.07. The Morgan fingerprint density at radius 1 is 1.27 bits per heavy atom. The predicted molar refractivity (Wildman–Crippen MR) is 87.3 cm³/mol. The Bertz CT molecular complexity index is 839. The van der Waals surface area contributed by atoms with E-state index in [-0.39, 0.29) is 11.9 Å². The van der Waals surface area contributed by atoms with Gasteiger partial charge in [0, 0.05) is 28.1 Å². The van der Waals surface area contributed by atoms with Gasteiger partial charge in [-0.3, -0.25) is 9.89 Å². The van der Waals surface area contributed by atoms with E-state index in [1.807, 2.05) is 48.8 Å². The van der Waals surface area contributed by atoms with E-state index in [9.17, 15) is 4.79 Å². The standard InChI is InChI=1S/C16H12ClN3OS/c1-20-15(11-3-2-8-22-11)12-13(18-19-14(12)16(20)21)9-4-6-10(17)7-5-9/h2-8,15H,1H3,(H,18,19)/t15-/m0/s1. The van der Waals surface area contributed by atoms with Gasteiger partial charge in [-0.05, 0) is 23.6 Å². The maximum atomic E-state index is 12.4. The van der Waals surface area contributed by atoms with Crippen molar-refractivity contribution < 1.29 is 4.79 Å². The molecule has 0 bridgehead atoms. The van der Waals surface area contributed by atoms with E-state index in [4.69, 9.17) is 11.6 Å². The Labute approximate surface area is 136 Å². The number of H-pyrrole nitrogens is 1. The van der Waals surface area contributed by atoms with Crippen LogP contribution in [0.1, 0.15) is 27.0 Å². The molecule has 1 atom stereocenters. The third-order valence-corrected chi connectivity index (χ3v) is 5.11. The Morgan fingerprint density at radius 3 is 2.73 bits per heavy atom. The van der Waals surface area contributed by atoms with Crippen LogP contribution in [0.3, 0.4) is 0 Å². The summed E-state index contributed by atoms with van der Waals surface area (Å²) in [5.74, 6) is -0.0267. The Hall–Kier alpha value is -2.11. The zero-order valence-corrected chi connectivity index (χ0v) is 13.3. The summed E-state index contributed by atoms with van der Waals surface area (Å²) in [6.45, 7) is 0. The highest BCUT2D eigenvalue weighted by Crippen LogP contribution is 2.43. The number of fused-ring (bicyclic) bond motifs is 1. The van der Waals surface area contributed by atoms with Crippen molar-refractivity contribution in [2.24, 2.45) is 0 Å². The summed E-state index contributed by atoms with van der Waals surface area (Å²) in [5.41, 5.74) is 3.28. The van der Waals surface area contributed by atoms with Gasteiger partial charge in [-0.2, -0.15) is 5.10 Å². The molecule has 4 nitrogen and oxygen atoms in total. The van der Waals surface area contributed by atoms with Crippen molar-refractivity contribution in [3.8, 4) is 11.3 Å². The summed E-state index contributed by atoms with van der Waals surface area (Å²) in [6, 6.07) is 11.5. The summed E-state index contributed by atoms with van der Waals surface area (Å²) >= 11 is 7.60.